The van der Waals surface area contributed by atoms with Gasteiger partial charge in [-0.1, -0.05) is 61.5 Å². The van der Waals surface area contributed by atoms with Crippen LogP contribution in [0.25, 0.3) is 0 Å². The zero-order valence-corrected chi connectivity index (χ0v) is 25.1. The monoisotopic (exact) mass is 642 g/mol. The van der Waals surface area contributed by atoms with Crippen molar-refractivity contribution in [1.82, 2.24) is 9.88 Å². The molecule has 1 amide bonds. The van der Waals surface area contributed by atoms with E-state index in [2.05, 4.69) is 27.5 Å². The van der Waals surface area contributed by atoms with Crippen molar-refractivity contribution in [1.29, 1.82) is 0 Å². The van der Waals surface area contributed by atoms with Gasteiger partial charge in [-0.05, 0) is 36.1 Å². The largest absolute Gasteiger partial charge is 0.481 e. The van der Waals surface area contributed by atoms with Gasteiger partial charge in [0, 0.05) is 22.2 Å². The summed E-state index contributed by atoms with van der Waals surface area (Å²) in [5.74, 6) is -1.34. The standard InChI is InChI=1S/C29H34BrF3N2O6/c1-7-12-40-27(37)35-22(17-10-9-11-20(30)14-17)24(21(28(3,4)5)23(35)26(36)39-8-2)41-16-18-13-19(29(31,32)33)15-34-25(18)38-6/h7,9-11,13-15,21-24H,1,8,12,16H2,2-6H3/t21-,22+,23+,24+/m1/s1. The molecule has 4 atom stereocenters. The highest BCUT2D eigenvalue weighted by Gasteiger charge is 2.59. The first-order valence-electron chi connectivity index (χ1n) is 12.9. The first kappa shape index (κ1) is 32.4. The van der Waals surface area contributed by atoms with Crippen LogP contribution in [-0.4, -0.2) is 54.4 Å². The fraction of sp³-hybridized carbons (Fsp3) is 0.483. The van der Waals surface area contributed by atoms with Gasteiger partial charge in [-0.3, -0.25) is 4.90 Å². The number of pyridine rings is 1. The molecule has 1 aromatic heterocycles. The Morgan fingerprint density at radius 3 is 2.44 bits per heavy atom. The van der Waals surface area contributed by atoms with Gasteiger partial charge in [0.15, 0.2) is 0 Å². The van der Waals surface area contributed by atoms with Crippen molar-refractivity contribution in [2.75, 3.05) is 20.3 Å². The number of carbonyl (C=O) groups excluding carboxylic acids is 2. The number of benzene rings is 1. The van der Waals surface area contributed by atoms with E-state index >= 15 is 0 Å². The maximum absolute atomic E-state index is 13.6. The van der Waals surface area contributed by atoms with Crippen molar-refractivity contribution in [3.63, 3.8) is 0 Å². The molecule has 1 saturated heterocycles. The van der Waals surface area contributed by atoms with E-state index in [0.717, 1.165) is 6.07 Å². The summed E-state index contributed by atoms with van der Waals surface area (Å²) in [5.41, 5.74) is -0.924. The van der Waals surface area contributed by atoms with Crippen molar-refractivity contribution in [3.8, 4) is 5.88 Å². The highest BCUT2D eigenvalue weighted by atomic mass is 79.9. The van der Waals surface area contributed by atoms with Crippen molar-refractivity contribution in [3.05, 3.63) is 70.3 Å². The number of rotatable bonds is 9. The number of aromatic nitrogens is 1. The normalized spacial score (nSPS) is 21.0. The highest BCUT2D eigenvalue weighted by molar-refractivity contribution is 9.10. The highest BCUT2D eigenvalue weighted by Crippen LogP contribution is 2.50. The number of nitrogens with zero attached hydrogens (tertiary/aromatic N) is 2. The predicted molar refractivity (Wildman–Crippen MR) is 148 cm³/mol. The summed E-state index contributed by atoms with van der Waals surface area (Å²) >= 11 is 3.46. The first-order valence-corrected chi connectivity index (χ1v) is 13.7. The van der Waals surface area contributed by atoms with Gasteiger partial charge >= 0.3 is 18.2 Å². The number of ether oxygens (including phenoxy) is 4. The van der Waals surface area contributed by atoms with Gasteiger partial charge in [-0.25, -0.2) is 14.6 Å². The molecule has 12 heteroatoms. The van der Waals surface area contributed by atoms with Crippen molar-refractivity contribution in [2.24, 2.45) is 11.3 Å². The number of hydrogen-bond donors (Lipinski definition) is 0. The molecule has 1 fully saturated rings. The van der Waals surface area contributed by atoms with Gasteiger partial charge in [0.2, 0.25) is 5.88 Å². The second-order valence-electron chi connectivity index (χ2n) is 10.5. The number of alkyl halides is 3. The Hall–Kier alpha value is -3.12. The van der Waals surface area contributed by atoms with Crippen molar-refractivity contribution in [2.45, 2.75) is 58.7 Å². The molecule has 3 rings (SSSR count). The third-order valence-corrected chi connectivity index (χ3v) is 7.23. The predicted octanol–water partition coefficient (Wildman–Crippen LogP) is 6.73. The quantitative estimate of drug-likeness (QED) is 0.221. The molecule has 0 unspecified atom stereocenters. The first-order chi connectivity index (χ1) is 19.2. The minimum absolute atomic E-state index is 0.0356. The lowest BCUT2D eigenvalue weighted by atomic mass is 9.73. The lowest BCUT2D eigenvalue weighted by Crippen LogP contribution is -2.48. The third-order valence-electron chi connectivity index (χ3n) is 6.74. The molecule has 0 N–H and O–H groups in total. The number of methoxy groups -OCH3 is 1. The number of carbonyl (C=O) groups is 2. The van der Waals surface area contributed by atoms with E-state index in [4.69, 9.17) is 18.9 Å². The van der Waals surface area contributed by atoms with Crippen LogP contribution in [0.15, 0.2) is 53.7 Å². The molecule has 0 bridgehead atoms. The molecule has 224 valence electrons. The van der Waals surface area contributed by atoms with E-state index in [-0.39, 0.29) is 31.3 Å². The minimum Gasteiger partial charge on any atom is -0.481 e. The van der Waals surface area contributed by atoms with E-state index in [1.54, 1.807) is 31.2 Å². The molecule has 1 aromatic carbocycles. The minimum atomic E-state index is -4.63. The van der Waals surface area contributed by atoms with Crippen LogP contribution < -0.4 is 4.74 Å². The summed E-state index contributed by atoms with van der Waals surface area (Å²) in [4.78, 5) is 32.2. The Labute approximate surface area is 245 Å². The number of halogens is 4. The van der Waals surface area contributed by atoms with Gasteiger partial charge < -0.3 is 18.9 Å². The summed E-state index contributed by atoms with van der Waals surface area (Å²) in [5, 5.41) is 0. The van der Waals surface area contributed by atoms with Crippen LogP contribution in [0.5, 0.6) is 5.88 Å². The molecule has 41 heavy (non-hydrogen) atoms. The summed E-state index contributed by atoms with van der Waals surface area (Å²) in [6.07, 6.45) is -4.20. The summed E-state index contributed by atoms with van der Waals surface area (Å²) in [6, 6.07) is 6.06. The Balaban J connectivity index is 2.20. The molecule has 0 radical (unpaired) electrons. The average Bonchev–Trinajstić information content (AvgIpc) is 3.26. The fourth-order valence-corrected chi connectivity index (χ4v) is 5.55. The van der Waals surface area contributed by atoms with Crippen LogP contribution in [-0.2, 0) is 31.8 Å². The number of amides is 1. The van der Waals surface area contributed by atoms with Gasteiger partial charge in [0.1, 0.15) is 12.6 Å². The Bertz CT molecular complexity index is 1250. The molecule has 1 aliphatic heterocycles. The zero-order chi connectivity index (χ0) is 30.5. The molecule has 8 nitrogen and oxygen atoms in total. The second kappa shape index (κ2) is 13.2. The fourth-order valence-electron chi connectivity index (χ4n) is 5.13. The van der Waals surface area contributed by atoms with Crippen LogP contribution in [0.3, 0.4) is 0 Å². The summed E-state index contributed by atoms with van der Waals surface area (Å²) in [7, 11) is 1.30. The van der Waals surface area contributed by atoms with E-state index in [9.17, 15) is 22.8 Å². The Morgan fingerprint density at radius 2 is 1.88 bits per heavy atom. The average molecular weight is 643 g/mol. The Morgan fingerprint density at radius 1 is 1.17 bits per heavy atom. The summed E-state index contributed by atoms with van der Waals surface area (Å²) in [6.45, 7) is 10.6. The lowest BCUT2D eigenvalue weighted by molar-refractivity contribution is -0.151. The second-order valence-corrected chi connectivity index (χ2v) is 11.4. The van der Waals surface area contributed by atoms with Gasteiger partial charge in [0.25, 0.3) is 0 Å². The molecule has 0 saturated carbocycles. The van der Waals surface area contributed by atoms with Crippen LogP contribution in [0, 0.1) is 11.3 Å². The molecular weight excluding hydrogens is 609 g/mol. The van der Waals surface area contributed by atoms with Crippen LogP contribution in [0.2, 0.25) is 0 Å². The molecule has 1 aliphatic rings. The number of likely N-dealkylation sites (tertiary alicyclic amines) is 1. The topological polar surface area (TPSA) is 87.2 Å². The van der Waals surface area contributed by atoms with Crippen molar-refractivity contribution >= 4 is 28.0 Å². The van der Waals surface area contributed by atoms with E-state index in [1.807, 2.05) is 20.8 Å². The third kappa shape index (κ3) is 7.40. The van der Waals surface area contributed by atoms with E-state index < -0.39 is 53.3 Å². The van der Waals surface area contributed by atoms with Crippen molar-refractivity contribution < 1.29 is 41.7 Å². The van der Waals surface area contributed by atoms with Crippen LogP contribution in [0.1, 0.15) is 50.4 Å². The molecular formula is C29H34BrF3N2O6. The molecule has 0 aliphatic carbocycles. The Kier molecular flexibility index (Phi) is 10.5. The van der Waals surface area contributed by atoms with Gasteiger partial charge in [-0.2, -0.15) is 13.2 Å². The number of hydrogen-bond acceptors (Lipinski definition) is 7. The lowest BCUT2D eigenvalue weighted by Gasteiger charge is -2.35. The maximum Gasteiger partial charge on any atom is 0.417 e. The molecule has 2 aromatic rings. The van der Waals surface area contributed by atoms with Gasteiger partial charge in [-0.15, -0.1) is 0 Å². The maximum atomic E-state index is 13.6. The molecule has 0 spiro atoms. The summed E-state index contributed by atoms with van der Waals surface area (Å²) < 4.78 is 63.7. The molecule has 2 heterocycles. The zero-order valence-electron chi connectivity index (χ0n) is 23.5. The van der Waals surface area contributed by atoms with Gasteiger partial charge in [0.05, 0.1) is 38.0 Å². The van der Waals surface area contributed by atoms with E-state index in [1.165, 1.54) is 18.1 Å². The number of esters is 1. The SMILES string of the molecule is C=CCOC(=O)N1[C@H](C(=O)OCC)[C@@H](C(C)(C)C)[C@H](OCc2cc(C(F)(F)F)cnc2OC)[C@@H]1c1cccc(Br)c1. The smallest absolute Gasteiger partial charge is 0.417 e. The van der Waals surface area contributed by atoms with Crippen LogP contribution in [0.4, 0.5) is 18.0 Å². The van der Waals surface area contributed by atoms with Crippen LogP contribution >= 0.6 is 15.9 Å². The van der Waals surface area contributed by atoms with E-state index in [0.29, 0.717) is 16.2 Å².